The van der Waals surface area contributed by atoms with Crippen molar-refractivity contribution in [1.82, 2.24) is 14.6 Å². The van der Waals surface area contributed by atoms with Gasteiger partial charge >= 0.3 is 18.0 Å². The maximum atomic E-state index is 13.1. The summed E-state index contributed by atoms with van der Waals surface area (Å²) in [6, 6.07) is -1.23. The highest BCUT2D eigenvalue weighted by Crippen LogP contribution is 2.52. The Kier molecular flexibility index (Phi) is 6.76. The normalized spacial score (nSPS) is 18.8. The number of hydrogen-bond acceptors (Lipinski definition) is 7. The Hall–Kier alpha value is -2.67. The lowest BCUT2D eigenvalue weighted by Crippen LogP contribution is -2.40. The third-order valence-corrected chi connectivity index (χ3v) is 6.29. The van der Waals surface area contributed by atoms with Gasteiger partial charge in [-0.05, 0) is 39.7 Å². The van der Waals surface area contributed by atoms with Crippen LogP contribution in [0.2, 0.25) is 0 Å². The summed E-state index contributed by atoms with van der Waals surface area (Å²) >= 11 is 1.07. The zero-order valence-electron chi connectivity index (χ0n) is 18.8. The SMILES string of the molecule is COCCn1c(=O)n(C2CC2C(F)(F)F)c(=O)c2c(C)c(C=NNC(=O)OC(C)(C)C)sc21. The fraction of sp³-hybridized carbons (Fsp3) is 0.600. The molecule has 2 aromatic heterocycles. The number of aromatic nitrogens is 2. The maximum absolute atomic E-state index is 13.1. The largest absolute Gasteiger partial charge is 0.443 e. The summed E-state index contributed by atoms with van der Waals surface area (Å²) in [5.41, 5.74) is 0.365. The van der Waals surface area contributed by atoms with Crippen LogP contribution in [0.15, 0.2) is 14.7 Å². The van der Waals surface area contributed by atoms with E-state index in [1.165, 1.54) is 17.9 Å². The first kappa shape index (κ1) is 25.0. The van der Waals surface area contributed by atoms with E-state index in [4.69, 9.17) is 9.47 Å². The van der Waals surface area contributed by atoms with E-state index in [1.54, 1.807) is 27.7 Å². The van der Waals surface area contributed by atoms with Crippen LogP contribution in [0.1, 0.15) is 43.7 Å². The molecule has 182 valence electrons. The molecule has 3 rings (SSSR count). The average Bonchev–Trinajstić information content (AvgIpc) is 3.39. The van der Waals surface area contributed by atoms with E-state index >= 15 is 0 Å². The molecule has 0 spiro atoms. The number of thiophene rings is 1. The second-order valence-corrected chi connectivity index (χ2v) is 9.73. The van der Waals surface area contributed by atoms with E-state index < -0.39 is 41.1 Å². The smallest absolute Gasteiger partial charge is 0.428 e. The van der Waals surface area contributed by atoms with Gasteiger partial charge in [0.2, 0.25) is 0 Å². The van der Waals surface area contributed by atoms with Crippen LogP contribution in [0.25, 0.3) is 10.2 Å². The first-order chi connectivity index (χ1) is 15.3. The van der Waals surface area contributed by atoms with Crippen molar-refractivity contribution in [1.29, 1.82) is 0 Å². The molecule has 33 heavy (non-hydrogen) atoms. The lowest BCUT2D eigenvalue weighted by Gasteiger charge is -2.18. The Balaban J connectivity index is 2.05. The monoisotopic (exact) mass is 490 g/mol. The van der Waals surface area contributed by atoms with Gasteiger partial charge in [0.25, 0.3) is 5.56 Å². The number of halogens is 3. The van der Waals surface area contributed by atoms with Crippen molar-refractivity contribution in [2.45, 2.75) is 58.5 Å². The minimum atomic E-state index is -4.49. The van der Waals surface area contributed by atoms with Gasteiger partial charge in [0, 0.05) is 7.11 Å². The van der Waals surface area contributed by atoms with Crippen LogP contribution in [-0.2, 0) is 16.0 Å². The van der Waals surface area contributed by atoms with E-state index in [-0.39, 0.29) is 25.0 Å². The van der Waals surface area contributed by atoms with Gasteiger partial charge in [-0.25, -0.2) is 15.0 Å². The predicted molar refractivity (Wildman–Crippen MR) is 117 cm³/mol. The van der Waals surface area contributed by atoms with E-state index in [0.29, 0.717) is 19.8 Å². The van der Waals surface area contributed by atoms with E-state index in [1.807, 2.05) is 0 Å². The van der Waals surface area contributed by atoms with E-state index in [2.05, 4.69) is 10.5 Å². The fourth-order valence-corrected chi connectivity index (χ4v) is 4.63. The molecular formula is C20H25F3N4O5S. The van der Waals surface area contributed by atoms with Gasteiger partial charge in [0.15, 0.2) is 0 Å². The van der Waals surface area contributed by atoms with Gasteiger partial charge in [-0.1, -0.05) is 0 Å². The fourth-order valence-electron chi connectivity index (χ4n) is 3.44. The summed E-state index contributed by atoms with van der Waals surface area (Å²) in [7, 11) is 1.43. The van der Waals surface area contributed by atoms with Gasteiger partial charge in [0.05, 0.1) is 41.6 Å². The van der Waals surface area contributed by atoms with Crippen molar-refractivity contribution in [3.05, 3.63) is 31.3 Å². The van der Waals surface area contributed by atoms with Crippen LogP contribution in [0, 0.1) is 12.8 Å². The molecule has 2 aromatic rings. The van der Waals surface area contributed by atoms with Crippen molar-refractivity contribution in [3.8, 4) is 0 Å². The molecule has 2 atom stereocenters. The molecule has 2 unspecified atom stereocenters. The number of hydrazone groups is 1. The molecule has 0 saturated heterocycles. The second-order valence-electron chi connectivity index (χ2n) is 8.70. The summed E-state index contributed by atoms with van der Waals surface area (Å²) in [4.78, 5) is 38.7. The third-order valence-electron chi connectivity index (χ3n) is 5.04. The molecule has 1 fully saturated rings. The Morgan fingerprint density at radius 3 is 2.52 bits per heavy atom. The van der Waals surface area contributed by atoms with Gasteiger partial charge < -0.3 is 9.47 Å². The highest BCUT2D eigenvalue weighted by atomic mass is 32.1. The quantitative estimate of drug-likeness (QED) is 0.495. The molecule has 9 nitrogen and oxygen atoms in total. The van der Waals surface area contributed by atoms with E-state index in [9.17, 15) is 27.6 Å². The summed E-state index contributed by atoms with van der Waals surface area (Å²) in [6.07, 6.45) is -4.28. The highest BCUT2D eigenvalue weighted by molar-refractivity contribution is 7.20. The first-order valence-electron chi connectivity index (χ1n) is 10.1. The molecule has 1 aliphatic carbocycles. The third kappa shape index (κ3) is 5.29. The molecule has 1 saturated carbocycles. The summed E-state index contributed by atoms with van der Waals surface area (Å²) in [5, 5.41) is 3.97. The molecule has 0 aliphatic heterocycles. The number of aryl methyl sites for hydroxylation is 1. The molecule has 0 bridgehead atoms. The second kappa shape index (κ2) is 8.93. The van der Waals surface area contributed by atoms with Crippen LogP contribution in [-0.4, -0.2) is 46.9 Å². The van der Waals surface area contributed by atoms with Crippen molar-refractivity contribution >= 4 is 33.9 Å². The number of methoxy groups -OCH3 is 1. The number of carbonyl (C=O) groups excluding carboxylic acids is 1. The Bertz CT molecular complexity index is 1210. The van der Waals surface area contributed by atoms with Crippen molar-refractivity contribution in [2.24, 2.45) is 11.0 Å². The number of hydrogen-bond donors (Lipinski definition) is 1. The van der Waals surface area contributed by atoms with Crippen molar-refractivity contribution in [2.75, 3.05) is 13.7 Å². The Labute approximate surface area is 190 Å². The van der Waals surface area contributed by atoms with Gasteiger partial charge in [-0.2, -0.15) is 18.3 Å². The van der Waals surface area contributed by atoms with Gasteiger partial charge in [-0.15, -0.1) is 11.3 Å². The minimum Gasteiger partial charge on any atom is -0.443 e. The molecule has 0 radical (unpaired) electrons. The standard InChI is InChI=1S/C20H25F3N4O5S/c1-10-13(9-24-25-17(29)32-19(2,3)4)33-16-14(10)15(28)27(12-8-11(12)20(21,22)23)18(30)26(16)6-7-31-5/h9,11-12H,6-8H2,1-5H3,(H,25,29). The van der Waals surface area contributed by atoms with Gasteiger partial charge in [0.1, 0.15) is 10.4 Å². The van der Waals surface area contributed by atoms with Crippen LogP contribution in [0.5, 0.6) is 0 Å². The van der Waals surface area contributed by atoms with Gasteiger partial charge in [-0.3, -0.25) is 13.9 Å². The highest BCUT2D eigenvalue weighted by Gasteiger charge is 2.57. The summed E-state index contributed by atoms with van der Waals surface area (Å²) in [6.45, 7) is 6.88. The first-order valence-corrected chi connectivity index (χ1v) is 10.9. The number of ether oxygens (including phenoxy) is 2. The lowest BCUT2D eigenvalue weighted by atomic mass is 10.2. The number of nitrogens with one attached hydrogen (secondary N) is 1. The number of fused-ring (bicyclic) bond motifs is 1. The van der Waals surface area contributed by atoms with Crippen LogP contribution in [0.4, 0.5) is 18.0 Å². The number of nitrogens with zero attached hydrogens (tertiary/aromatic N) is 3. The van der Waals surface area contributed by atoms with E-state index in [0.717, 1.165) is 11.3 Å². The Morgan fingerprint density at radius 1 is 1.30 bits per heavy atom. The summed E-state index contributed by atoms with van der Waals surface area (Å²) in [5.74, 6) is -1.73. The maximum Gasteiger partial charge on any atom is 0.428 e. The van der Waals surface area contributed by atoms with Crippen LogP contribution in [0.3, 0.4) is 0 Å². The minimum absolute atomic E-state index is 0.0578. The number of amides is 1. The molecule has 1 N–H and O–H groups in total. The predicted octanol–water partition coefficient (Wildman–Crippen LogP) is 3.16. The van der Waals surface area contributed by atoms with Crippen LogP contribution >= 0.6 is 11.3 Å². The topological polar surface area (TPSA) is 104 Å². The van der Waals surface area contributed by atoms with Crippen molar-refractivity contribution in [3.63, 3.8) is 0 Å². The molecule has 1 aliphatic rings. The summed E-state index contributed by atoms with van der Waals surface area (Å²) < 4.78 is 51.5. The number of carbonyl (C=O) groups is 1. The molecule has 0 aromatic carbocycles. The van der Waals surface area contributed by atoms with Crippen molar-refractivity contribution < 1.29 is 27.4 Å². The molecule has 13 heteroatoms. The number of rotatable bonds is 6. The average molecular weight is 491 g/mol. The van der Waals surface area contributed by atoms with Crippen LogP contribution < -0.4 is 16.7 Å². The zero-order chi connectivity index (χ0) is 24.7. The Morgan fingerprint density at radius 2 is 1.97 bits per heavy atom. The molecule has 2 heterocycles. The molecule has 1 amide bonds. The molecular weight excluding hydrogens is 465 g/mol. The number of alkyl halides is 3. The lowest BCUT2D eigenvalue weighted by molar-refractivity contribution is -0.150. The zero-order valence-corrected chi connectivity index (χ0v) is 19.6.